The van der Waals surface area contributed by atoms with Gasteiger partial charge in [0.1, 0.15) is 11.2 Å². The highest BCUT2D eigenvalue weighted by atomic mass is 19.1. The van der Waals surface area contributed by atoms with Crippen molar-refractivity contribution in [3.05, 3.63) is 54.2 Å². The predicted molar refractivity (Wildman–Crippen MR) is 126 cm³/mol. The van der Waals surface area contributed by atoms with Gasteiger partial charge in [-0.15, -0.1) is 5.10 Å². The molecule has 0 spiro atoms. The van der Waals surface area contributed by atoms with Crippen LogP contribution in [0.15, 0.2) is 47.2 Å². The van der Waals surface area contributed by atoms with Crippen LogP contribution in [0.4, 0.5) is 21.7 Å². The van der Waals surface area contributed by atoms with Gasteiger partial charge in [0, 0.05) is 35.9 Å². The first-order valence-electron chi connectivity index (χ1n) is 10.9. The number of amides is 2. The van der Waals surface area contributed by atoms with E-state index < -0.39 is 29.3 Å². The lowest BCUT2D eigenvalue weighted by Gasteiger charge is -2.37. The average molecular weight is 495 g/mol. The Morgan fingerprint density at radius 1 is 1.33 bits per heavy atom. The normalized spacial score (nSPS) is 17.8. The molecule has 13 heteroatoms. The third-order valence-corrected chi connectivity index (χ3v) is 5.87. The highest BCUT2D eigenvalue weighted by Crippen LogP contribution is 2.29. The summed E-state index contributed by atoms with van der Waals surface area (Å²) in [7, 11) is 0. The lowest BCUT2D eigenvalue weighted by molar-refractivity contribution is -0.165. The number of aliphatic hydroxyl groups is 1. The van der Waals surface area contributed by atoms with E-state index in [1.165, 1.54) is 11.0 Å². The standard InChI is InChI=1S/C23H22FN7O5/c1-12-9-14(3-5-26-12)31-6-4-17(28-31)30-7-8-35-19(21(30)32)23(2,34)22(33)27-13-10-15(24)18-16(11-13)36-29-20(18)25/h3-6,9-11,19,34H,7-8H2,1-2H3,(H2,25,29)(H,27,33). The number of hydrogen-bond donors (Lipinski definition) is 3. The van der Waals surface area contributed by atoms with E-state index >= 15 is 0 Å². The quantitative estimate of drug-likeness (QED) is 0.373. The highest BCUT2D eigenvalue weighted by Gasteiger charge is 2.49. The molecule has 1 saturated heterocycles. The summed E-state index contributed by atoms with van der Waals surface area (Å²) in [5, 5.41) is 21.4. The van der Waals surface area contributed by atoms with E-state index in [1.807, 2.05) is 13.0 Å². The summed E-state index contributed by atoms with van der Waals surface area (Å²) in [5.41, 5.74) is 4.83. The summed E-state index contributed by atoms with van der Waals surface area (Å²) >= 11 is 0. The van der Waals surface area contributed by atoms with Crippen LogP contribution < -0.4 is 16.0 Å². The van der Waals surface area contributed by atoms with Crippen molar-refractivity contribution < 1.29 is 28.3 Å². The molecule has 2 unspecified atom stereocenters. The molecule has 4 N–H and O–H groups in total. The van der Waals surface area contributed by atoms with Gasteiger partial charge in [-0.05, 0) is 32.0 Å². The Balaban J connectivity index is 1.35. The Hall–Kier alpha value is -4.36. The highest BCUT2D eigenvalue weighted by molar-refractivity contribution is 6.06. The smallest absolute Gasteiger partial charge is 0.260 e. The number of carbonyl (C=O) groups excluding carboxylic acids is 2. The largest absolute Gasteiger partial charge is 0.380 e. The maximum Gasteiger partial charge on any atom is 0.260 e. The lowest BCUT2D eigenvalue weighted by Crippen LogP contribution is -2.61. The number of pyridine rings is 1. The number of anilines is 3. The number of fused-ring (bicyclic) bond motifs is 1. The van der Waals surface area contributed by atoms with Crippen molar-refractivity contribution in [2.24, 2.45) is 0 Å². The second-order valence-corrected chi connectivity index (χ2v) is 8.52. The number of ether oxygens (including phenoxy) is 1. The van der Waals surface area contributed by atoms with Crippen molar-refractivity contribution in [1.29, 1.82) is 0 Å². The predicted octanol–water partition coefficient (Wildman–Crippen LogP) is 1.56. The molecule has 0 aliphatic carbocycles. The number of nitrogens with zero attached hydrogens (tertiary/aromatic N) is 5. The molecule has 2 atom stereocenters. The van der Waals surface area contributed by atoms with Gasteiger partial charge in [-0.3, -0.25) is 19.5 Å². The van der Waals surface area contributed by atoms with Gasteiger partial charge < -0.3 is 25.4 Å². The minimum atomic E-state index is -2.30. The van der Waals surface area contributed by atoms with Gasteiger partial charge in [-0.25, -0.2) is 9.07 Å². The van der Waals surface area contributed by atoms with Gasteiger partial charge in [0.2, 0.25) is 0 Å². The summed E-state index contributed by atoms with van der Waals surface area (Å²) in [6.07, 6.45) is 1.81. The van der Waals surface area contributed by atoms with Crippen molar-refractivity contribution in [3.63, 3.8) is 0 Å². The minimum absolute atomic E-state index is 0.0126. The number of benzene rings is 1. The van der Waals surface area contributed by atoms with Crippen LogP contribution in [0.25, 0.3) is 16.7 Å². The van der Waals surface area contributed by atoms with Gasteiger partial charge in [-0.1, -0.05) is 5.16 Å². The van der Waals surface area contributed by atoms with Crippen LogP contribution in [0.3, 0.4) is 0 Å². The van der Waals surface area contributed by atoms with Crippen LogP contribution in [0, 0.1) is 12.7 Å². The SMILES string of the molecule is Cc1cc(-n2ccc(N3CCOC(C(C)(O)C(=O)Nc4cc(F)c5c(N)noc5c4)C3=O)n2)ccn1. The molecule has 1 aromatic carbocycles. The fraction of sp³-hybridized carbons (Fsp3) is 0.261. The maximum absolute atomic E-state index is 14.4. The van der Waals surface area contributed by atoms with E-state index in [0.717, 1.165) is 24.4 Å². The first-order valence-corrected chi connectivity index (χ1v) is 10.9. The Morgan fingerprint density at radius 3 is 2.92 bits per heavy atom. The zero-order valence-corrected chi connectivity index (χ0v) is 19.3. The molecule has 36 heavy (non-hydrogen) atoms. The van der Waals surface area contributed by atoms with E-state index in [1.54, 1.807) is 29.2 Å². The molecular formula is C23H22FN7O5. The molecule has 4 aromatic rings. The molecule has 2 amide bonds. The van der Waals surface area contributed by atoms with E-state index in [9.17, 15) is 19.1 Å². The number of nitrogens with one attached hydrogen (secondary N) is 1. The van der Waals surface area contributed by atoms with E-state index in [2.05, 4.69) is 20.6 Å². The van der Waals surface area contributed by atoms with Crippen molar-refractivity contribution in [2.75, 3.05) is 29.1 Å². The number of aryl methyl sites for hydroxylation is 1. The molecule has 0 radical (unpaired) electrons. The number of halogens is 1. The number of nitrogen functional groups attached to an aromatic ring is 1. The molecule has 5 rings (SSSR count). The number of nitrogens with two attached hydrogens (primary N) is 1. The first-order chi connectivity index (χ1) is 17.1. The number of hydrogen-bond acceptors (Lipinski definition) is 9. The number of aromatic nitrogens is 4. The third kappa shape index (κ3) is 4.03. The maximum atomic E-state index is 14.4. The van der Waals surface area contributed by atoms with Crippen LogP contribution >= 0.6 is 0 Å². The number of carbonyl (C=O) groups is 2. The summed E-state index contributed by atoms with van der Waals surface area (Å²) in [6, 6.07) is 7.57. The monoisotopic (exact) mass is 495 g/mol. The second-order valence-electron chi connectivity index (χ2n) is 8.52. The molecule has 4 heterocycles. The Kier molecular flexibility index (Phi) is 5.65. The van der Waals surface area contributed by atoms with Crippen LogP contribution in [-0.4, -0.2) is 61.7 Å². The molecule has 1 aliphatic heterocycles. The van der Waals surface area contributed by atoms with Gasteiger partial charge in [0.15, 0.2) is 28.9 Å². The van der Waals surface area contributed by atoms with Crippen LogP contribution in [0.2, 0.25) is 0 Å². The Morgan fingerprint density at radius 2 is 2.14 bits per heavy atom. The molecule has 12 nitrogen and oxygen atoms in total. The van der Waals surface area contributed by atoms with Crippen molar-refractivity contribution in [2.45, 2.75) is 25.6 Å². The van der Waals surface area contributed by atoms with Gasteiger partial charge in [0.05, 0.1) is 18.8 Å². The minimum Gasteiger partial charge on any atom is -0.380 e. The molecule has 0 bridgehead atoms. The van der Waals surface area contributed by atoms with Gasteiger partial charge in [-0.2, -0.15) is 0 Å². The van der Waals surface area contributed by atoms with Crippen molar-refractivity contribution >= 4 is 40.1 Å². The van der Waals surface area contributed by atoms with E-state index in [-0.39, 0.29) is 35.6 Å². The van der Waals surface area contributed by atoms with Crippen LogP contribution in [0.5, 0.6) is 0 Å². The van der Waals surface area contributed by atoms with Crippen LogP contribution in [0.1, 0.15) is 12.6 Å². The summed E-state index contributed by atoms with van der Waals surface area (Å²) in [5.74, 6) is -2.20. The molecule has 186 valence electrons. The lowest BCUT2D eigenvalue weighted by atomic mass is 9.95. The summed E-state index contributed by atoms with van der Waals surface area (Å²) in [4.78, 5) is 31.7. The first kappa shape index (κ1) is 23.4. The van der Waals surface area contributed by atoms with Gasteiger partial charge in [0.25, 0.3) is 11.8 Å². The molecule has 1 aliphatic rings. The third-order valence-electron chi connectivity index (χ3n) is 5.87. The number of morpholine rings is 1. The van der Waals surface area contributed by atoms with E-state index in [4.69, 9.17) is 15.0 Å². The topological polar surface area (TPSA) is 162 Å². The molecule has 3 aromatic heterocycles. The van der Waals surface area contributed by atoms with Crippen molar-refractivity contribution in [3.8, 4) is 5.69 Å². The van der Waals surface area contributed by atoms with Crippen LogP contribution in [-0.2, 0) is 14.3 Å². The van der Waals surface area contributed by atoms with E-state index in [0.29, 0.717) is 5.82 Å². The van der Waals surface area contributed by atoms with Crippen molar-refractivity contribution in [1.82, 2.24) is 19.9 Å². The number of rotatable bonds is 5. The summed E-state index contributed by atoms with van der Waals surface area (Å²) < 4.78 is 26.4. The Labute approximate surface area is 203 Å². The zero-order chi connectivity index (χ0) is 25.6. The second kappa shape index (κ2) is 8.70. The Bertz CT molecular complexity index is 1480. The molecule has 1 fully saturated rings. The zero-order valence-electron chi connectivity index (χ0n) is 19.3. The summed E-state index contributed by atoms with van der Waals surface area (Å²) in [6.45, 7) is 3.23. The molecule has 0 saturated carbocycles. The van der Waals surface area contributed by atoms with Gasteiger partial charge >= 0.3 is 0 Å². The molecular weight excluding hydrogens is 473 g/mol. The average Bonchev–Trinajstić information content (AvgIpc) is 3.46. The fourth-order valence-corrected chi connectivity index (χ4v) is 3.99. The fourth-order valence-electron chi connectivity index (χ4n) is 3.99.